The predicted molar refractivity (Wildman–Crippen MR) is 54.8 cm³/mol. The van der Waals surface area contributed by atoms with Crippen LogP contribution in [0.25, 0.3) is 0 Å². The molecule has 0 atom stereocenters. The van der Waals surface area contributed by atoms with Gasteiger partial charge in [-0.3, -0.25) is 0 Å². The van der Waals surface area contributed by atoms with Gasteiger partial charge < -0.3 is 0 Å². The Morgan fingerprint density at radius 2 is 2.00 bits per heavy atom. The fourth-order valence-corrected chi connectivity index (χ4v) is 3.15. The Hall–Kier alpha value is -0.300. The second-order valence-electron chi connectivity index (χ2n) is 4.10. The maximum absolute atomic E-state index is 2.43. The molecule has 0 radical (unpaired) electrons. The summed E-state index contributed by atoms with van der Waals surface area (Å²) in [6.07, 6.45) is 7.09. The van der Waals surface area contributed by atoms with Gasteiger partial charge >= 0.3 is 0 Å². The second-order valence-corrected chi connectivity index (χ2v) is 5.05. The summed E-state index contributed by atoms with van der Waals surface area (Å²) >= 11 is 1.93. The average molecular weight is 180 g/mol. The summed E-state index contributed by atoms with van der Waals surface area (Å²) in [4.78, 5) is 1.60. The normalized spacial score (nSPS) is 22.4. The lowest BCUT2D eigenvalue weighted by molar-refractivity contribution is 0.325. The fourth-order valence-electron chi connectivity index (χ4n) is 2.20. The minimum atomic E-state index is 0.520. The Bertz CT molecular complexity index is 230. The minimum absolute atomic E-state index is 0.520. The zero-order valence-corrected chi connectivity index (χ0v) is 8.49. The van der Waals surface area contributed by atoms with E-state index in [1.165, 1.54) is 32.1 Å². The molecule has 1 aliphatic rings. The topological polar surface area (TPSA) is 0 Å². The van der Waals surface area contributed by atoms with Crippen molar-refractivity contribution >= 4 is 11.3 Å². The van der Waals surface area contributed by atoms with Crippen molar-refractivity contribution < 1.29 is 0 Å². The Labute approximate surface area is 78.6 Å². The summed E-state index contributed by atoms with van der Waals surface area (Å²) in [5, 5.41) is 2.20. The van der Waals surface area contributed by atoms with E-state index in [1.54, 1.807) is 4.88 Å². The van der Waals surface area contributed by atoms with E-state index in [0.29, 0.717) is 5.41 Å². The molecular formula is C11H16S. The molecule has 0 nitrogen and oxygen atoms in total. The Balaban J connectivity index is 2.19. The molecule has 0 bridgehead atoms. The molecule has 1 heteroatoms. The molecule has 12 heavy (non-hydrogen) atoms. The van der Waals surface area contributed by atoms with Crippen LogP contribution in [0.5, 0.6) is 0 Å². The lowest BCUT2D eigenvalue weighted by Crippen LogP contribution is -2.23. The van der Waals surface area contributed by atoms with Gasteiger partial charge in [0.1, 0.15) is 0 Å². The van der Waals surface area contributed by atoms with Gasteiger partial charge in [0, 0.05) is 10.3 Å². The van der Waals surface area contributed by atoms with Crippen molar-refractivity contribution in [2.45, 2.75) is 44.4 Å². The van der Waals surface area contributed by atoms with E-state index in [2.05, 4.69) is 24.4 Å². The van der Waals surface area contributed by atoms with Crippen LogP contribution in [-0.2, 0) is 5.41 Å². The van der Waals surface area contributed by atoms with Gasteiger partial charge in [0.05, 0.1) is 0 Å². The van der Waals surface area contributed by atoms with Crippen LogP contribution in [0.4, 0.5) is 0 Å². The number of hydrogen-bond donors (Lipinski definition) is 0. The SMILES string of the molecule is CC1(c2cccs2)CCCCC1. The first kappa shape index (κ1) is 8.31. The van der Waals surface area contributed by atoms with Gasteiger partial charge in [0.15, 0.2) is 0 Å². The van der Waals surface area contributed by atoms with E-state index < -0.39 is 0 Å². The molecule has 0 N–H and O–H groups in total. The average Bonchev–Trinajstić information content (AvgIpc) is 2.58. The molecule has 1 fully saturated rings. The summed E-state index contributed by atoms with van der Waals surface area (Å²) < 4.78 is 0. The molecule has 1 saturated carbocycles. The molecule has 1 aromatic heterocycles. The highest BCUT2D eigenvalue weighted by Crippen LogP contribution is 2.40. The van der Waals surface area contributed by atoms with Gasteiger partial charge in [-0.05, 0) is 24.3 Å². The van der Waals surface area contributed by atoms with Gasteiger partial charge in [-0.2, -0.15) is 0 Å². The first-order valence-corrected chi connectivity index (χ1v) is 5.73. The largest absolute Gasteiger partial charge is 0.148 e. The first-order chi connectivity index (χ1) is 5.81. The smallest absolute Gasteiger partial charge is 0.0104 e. The third-order valence-electron chi connectivity index (χ3n) is 3.07. The van der Waals surface area contributed by atoms with Gasteiger partial charge in [-0.1, -0.05) is 32.3 Å². The second kappa shape index (κ2) is 3.21. The van der Waals surface area contributed by atoms with E-state index >= 15 is 0 Å². The molecular weight excluding hydrogens is 164 g/mol. The van der Waals surface area contributed by atoms with Crippen LogP contribution in [-0.4, -0.2) is 0 Å². The third-order valence-corrected chi connectivity index (χ3v) is 4.25. The Morgan fingerprint density at radius 1 is 1.25 bits per heavy atom. The molecule has 0 saturated heterocycles. The highest BCUT2D eigenvalue weighted by Gasteiger charge is 2.29. The molecule has 0 amide bonds. The third kappa shape index (κ3) is 1.42. The number of thiophene rings is 1. The van der Waals surface area contributed by atoms with E-state index in [4.69, 9.17) is 0 Å². The van der Waals surface area contributed by atoms with Crippen LogP contribution < -0.4 is 0 Å². The quantitative estimate of drug-likeness (QED) is 0.613. The zero-order chi connectivity index (χ0) is 8.44. The molecule has 0 spiro atoms. The number of rotatable bonds is 1. The van der Waals surface area contributed by atoms with Crippen LogP contribution in [0, 0.1) is 0 Å². The fraction of sp³-hybridized carbons (Fsp3) is 0.636. The van der Waals surface area contributed by atoms with E-state index in [-0.39, 0.29) is 0 Å². The van der Waals surface area contributed by atoms with Crippen molar-refractivity contribution in [2.24, 2.45) is 0 Å². The van der Waals surface area contributed by atoms with E-state index in [1.807, 2.05) is 11.3 Å². The van der Waals surface area contributed by atoms with Crippen LogP contribution in [0.1, 0.15) is 43.9 Å². The number of hydrogen-bond acceptors (Lipinski definition) is 1. The molecule has 0 aromatic carbocycles. The maximum atomic E-state index is 2.43. The van der Waals surface area contributed by atoms with Crippen LogP contribution in [0.3, 0.4) is 0 Å². The van der Waals surface area contributed by atoms with Crippen LogP contribution in [0.15, 0.2) is 17.5 Å². The molecule has 0 unspecified atom stereocenters. The lowest BCUT2D eigenvalue weighted by Gasteiger charge is -2.32. The summed E-state index contributed by atoms with van der Waals surface area (Å²) in [6, 6.07) is 4.48. The van der Waals surface area contributed by atoms with E-state index in [9.17, 15) is 0 Å². The van der Waals surface area contributed by atoms with Crippen molar-refractivity contribution in [3.63, 3.8) is 0 Å². The Morgan fingerprint density at radius 3 is 2.58 bits per heavy atom. The molecule has 1 aromatic rings. The molecule has 0 aliphatic heterocycles. The summed E-state index contributed by atoms with van der Waals surface area (Å²) in [5.41, 5.74) is 0.520. The maximum Gasteiger partial charge on any atom is 0.0104 e. The summed E-state index contributed by atoms with van der Waals surface area (Å²) in [5.74, 6) is 0. The molecule has 2 rings (SSSR count). The van der Waals surface area contributed by atoms with Crippen molar-refractivity contribution in [2.75, 3.05) is 0 Å². The highest BCUT2D eigenvalue weighted by atomic mass is 32.1. The van der Waals surface area contributed by atoms with Gasteiger partial charge in [0.2, 0.25) is 0 Å². The minimum Gasteiger partial charge on any atom is -0.148 e. The standard InChI is InChI=1S/C11H16S/c1-11(7-3-2-4-8-11)10-6-5-9-12-10/h5-6,9H,2-4,7-8H2,1H3. The summed E-state index contributed by atoms with van der Waals surface area (Å²) in [6.45, 7) is 2.43. The van der Waals surface area contributed by atoms with E-state index in [0.717, 1.165) is 0 Å². The monoisotopic (exact) mass is 180 g/mol. The van der Waals surface area contributed by atoms with Crippen molar-refractivity contribution in [3.05, 3.63) is 22.4 Å². The first-order valence-electron chi connectivity index (χ1n) is 4.85. The van der Waals surface area contributed by atoms with Gasteiger partial charge in [0.25, 0.3) is 0 Å². The van der Waals surface area contributed by atoms with Crippen molar-refractivity contribution in [1.82, 2.24) is 0 Å². The summed E-state index contributed by atoms with van der Waals surface area (Å²) in [7, 11) is 0. The van der Waals surface area contributed by atoms with Gasteiger partial charge in [-0.25, -0.2) is 0 Å². The van der Waals surface area contributed by atoms with Gasteiger partial charge in [-0.15, -0.1) is 11.3 Å². The van der Waals surface area contributed by atoms with Crippen molar-refractivity contribution in [1.29, 1.82) is 0 Å². The highest BCUT2D eigenvalue weighted by molar-refractivity contribution is 7.10. The molecule has 66 valence electrons. The predicted octanol–water partition coefficient (Wildman–Crippen LogP) is 3.97. The molecule has 1 aliphatic carbocycles. The van der Waals surface area contributed by atoms with Crippen molar-refractivity contribution in [3.8, 4) is 0 Å². The lowest BCUT2D eigenvalue weighted by atomic mass is 9.75. The Kier molecular flexibility index (Phi) is 2.22. The zero-order valence-electron chi connectivity index (χ0n) is 7.68. The molecule has 1 heterocycles. The van der Waals surface area contributed by atoms with Crippen LogP contribution in [0.2, 0.25) is 0 Å². The van der Waals surface area contributed by atoms with Crippen LogP contribution >= 0.6 is 11.3 Å².